The molecule has 0 radical (unpaired) electrons. The number of hydrogen-bond acceptors (Lipinski definition) is 3. The molecule has 0 spiro atoms. The molecule has 2 aromatic rings. The number of aryl methyl sites for hydroxylation is 3. The van der Waals surface area contributed by atoms with Gasteiger partial charge in [-0.15, -0.1) is 0 Å². The molecule has 0 fully saturated rings. The van der Waals surface area contributed by atoms with E-state index in [0.717, 1.165) is 30.0 Å². The molecule has 4 nitrogen and oxygen atoms in total. The SMILES string of the molecule is CCc1cc(COc2ccc(C)cc2CC(C)N)n(C)n1. The van der Waals surface area contributed by atoms with Crippen LogP contribution in [0, 0.1) is 6.92 Å². The molecule has 1 unspecified atom stereocenters. The van der Waals surface area contributed by atoms with Crippen LogP contribution in [0.5, 0.6) is 5.75 Å². The maximum atomic E-state index is 6.00. The largest absolute Gasteiger partial charge is 0.487 e. The predicted molar refractivity (Wildman–Crippen MR) is 85.5 cm³/mol. The molecule has 0 saturated carbocycles. The predicted octanol–water partition coefficient (Wildman–Crippen LogP) is 2.76. The molecule has 1 aromatic heterocycles. The van der Waals surface area contributed by atoms with Gasteiger partial charge in [0.05, 0.1) is 11.4 Å². The lowest BCUT2D eigenvalue weighted by Crippen LogP contribution is -2.18. The van der Waals surface area contributed by atoms with E-state index in [2.05, 4.69) is 37.1 Å². The molecular formula is C17H25N3O. The molecule has 2 N–H and O–H groups in total. The van der Waals surface area contributed by atoms with E-state index < -0.39 is 0 Å². The zero-order valence-electron chi connectivity index (χ0n) is 13.4. The van der Waals surface area contributed by atoms with Crippen molar-refractivity contribution in [2.45, 2.75) is 46.3 Å². The van der Waals surface area contributed by atoms with Gasteiger partial charge in [-0.05, 0) is 44.4 Å². The fourth-order valence-corrected chi connectivity index (χ4v) is 2.39. The molecular weight excluding hydrogens is 262 g/mol. The molecule has 0 amide bonds. The first-order valence-corrected chi connectivity index (χ1v) is 7.49. The fraction of sp³-hybridized carbons (Fsp3) is 0.471. The van der Waals surface area contributed by atoms with Crippen LogP contribution in [0.15, 0.2) is 24.3 Å². The van der Waals surface area contributed by atoms with Gasteiger partial charge in [0.2, 0.25) is 0 Å². The van der Waals surface area contributed by atoms with Gasteiger partial charge in [0.15, 0.2) is 0 Å². The van der Waals surface area contributed by atoms with Crippen molar-refractivity contribution in [1.82, 2.24) is 9.78 Å². The molecule has 0 saturated heterocycles. The van der Waals surface area contributed by atoms with Crippen molar-refractivity contribution in [3.8, 4) is 5.75 Å². The summed E-state index contributed by atoms with van der Waals surface area (Å²) in [5.74, 6) is 0.914. The highest BCUT2D eigenvalue weighted by atomic mass is 16.5. The molecule has 1 aromatic carbocycles. The first-order chi connectivity index (χ1) is 9.99. The van der Waals surface area contributed by atoms with Crippen LogP contribution in [0.4, 0.5) is 0 Å². The highest BCUT2D eigenvalue weighted by Gasteiger charge is 2.09. The van der Waals surface area contributed by atoms with E-state index in [1.165, 1.54) is 11.1 Å². The van der Waals surface area contributed by atoms with Gasteiger partial charge < -0.3 is 10.5 Å². The second kappa shape index (κ2) is 6.76. The van der Waals surface area contributed by atoms with Crippen molar-refractivity contribution in [1.29, 1.82) is 0 Å². The summed E-state index contributed by atoms with van der Waals surface area (Å²) >= 11 is 0. The number of ether oxygens (including phenoxy) is 1. The summed E-state index contributed by atoms with van der Waals surface area (Å²) in [6.45, 7) is 6.73. The van der Waals surface area contributed by atoms with Crippen LogP contribution >= 0.6 is 0 Å². The van der Waals surface area contributed by atoms with Crippen molar-refractivity contribution < 1.29 is 4.74 Å². The van der Waals surface area contributed by atoms with Gasteiger partial charge in [0.25, 0.3) is 0 Å². The summed E-state index contributed by atoms with van der Waals surface area (Å²) in [6.07, 6.45) is 1.76. The van der Waals surface area contributed by atoms with Crippen molar-refractivity contribution in [2.75, 3.05) is 0 Å². The standard InChI is InChI=1S/C17H25N3O/c1-5-15-10-16(20(4)19-15)11-21-17-7-6-12(2)8-14(17)9-13(3)18/h6-8,10,13H,5,9,11,18H2,1-4H3. The average Bonchev–Trinajstić information content (AvgIpc) is 2.78. The Labute approximate surface area is 126 Å². The fourth-order valence-electron chi connectivity index (χ4n) is 2.39. The number of nitrogens with two attached hydrogens (primary N) is 1. The van der Waals surface area contributed by atoms with E-state index in [-0.39, 0.29) is 6.04 Å². The van der Waals surface area contributed by atoms with E-state index in [0.29, 0.717) is 6.61 Å². The monoisotopic (exact) mass is 287 g/mol. The molecule has 0 aliphatic carbocycles. The molecule has 2 rings (SSSR count). The van der Waals surface area contributed by atoms with Gasteiger partial charge >= 0.3 is 0 Å². The summed E-state index contributed by atoms with van der Waals surface area (Å²) in [4.78, 5) is 0. The van der Waals surface area contributed by atoms with Crippen LogP contribution < -0.4 is 10.5 Å². The van der Waals surface area contributed by atoms with E-state index in [1.54, 1.807) is 0 Å². The first-order valence-electron chi connectivity index (χ1n) is 7.49. The molecule has 4 heteroatoms. The lowest BCUT2D eigenvalue weighted by atomic mass is 10.0. The van der Waals surface area contributed by atoms with E-state index >= 15 is 0 Å². The van der Waals surface area contributed by atoms with E-state index in [1.807, 2.05) is 24.7 Å². The lowest BCUT2D eigenvalue weighted by Gasteiger charge is -2.14. The summed E-state index contributed by atoms with van der Waals surface area (Å²) in [5.41, 5.74) is 10.5. The third-order valence-electron chi connectivity index (χ3n) is 3.52. The molecule has 1 heterocycles. The summed E-state index contributed by atoms with van der Waals surface area (Å²) < 4.78 is 7.89. The Kier molecular flexibility index (Phi) is 5.02. The molecule has 1 atom stereocenters. The molecule has 0 bridgehead atoms. The van der Waals surface area contributed by atoms with E-state index in [9.17, 15) is 0 Å². The number of nitrogens with zero attached hydrogens (tertiary/aromatic N) is 2. The van der Waals surface area contributed by atoms with Crippen LogP contribution in [0.2, 0.25) is 0 Å². The van der Waals surface area contributed by atoms with Crippen molar-refractivity contribution >= 4 is 0 Å². The number of benzene rings is 1. The Balaban J connectivity index is 2.13. The van der Waals surface area contributed by atoms with Gasteiger partial charge in [-0.2, -0.15) is 5.10 Å². The van der Waals surface area contributed by atoms with Crippen molar-refractivity contribution in [3.63, 3.8) is 0 Å². The molecule has 21 heavy (non-hydrogen) atoms. The zero-order valence-corrected chi connectivity index (χ0v) is 13.4. The Bertz CT molecular complexity index is 602. The van der Waals surface area contributed by atoms with Crippen LogP contribution in [-0.4, -0.2) is 15.8 Å². The van der Waals surface area contributed by atoms with Crippen LogP contribution in [0.3, 0.4) is 0 Å². The van der Waals surface area contributed by atoms with Crippen LogP contribution in [0.25, 0.3) is 0 Å². The Hall–Kier alpha value is -1.81. The Morgan fingerprint density at radius 1 is 1.33 bits per heavy atom. The third-order valence-corrected chi connectivity index (χ3v) is 3.52. The van der Waals surface area contributed by atoms with Crippen LogP contribution in [-0.2, 0) is 26.5 Å². The number of rotatable bonds is 6. The van der Waals surface area contributed by atoms with Crippen molar-refractivity contribution in [2.24, 2.45) is 12.8 Å². The maximum Gasteiger partial charge on any atom is 0.130 e. The molecule has 0 aliphatic heterocycles. The van der Waals surface area contributed by atoms with Gasteiger partial charge in [0.1, 0.15) is 12.4 Å². The van der Waals surface area contributed by atoms with Gasteiger partial charge in [-0.3, -0.25) is 4.68 Å². The minimum Gasteiger partial charge on any atom is -0.487 e. The Morgan fingerprint density at radius 3 is 2.71 bits per heavy atom. The van der Waals surface area contributed by atoms with Gasteiger partial charge in [-0.1, -0.05) is 24.6 Å². The summed E-state index contributed by atoms with van der Waals surface area (Å²) in [6, 6.07) is 8.47. The second-order valence-electron chi connectivity index (χ2n) is 5.69. The average molecular weight is 287 g/mol. The number of hydrogen-bond donors (Lipinski definition) is 1. The Morgan fingerprint density at radius 2 is 2.10 bits per heavy atom. The van der Waals surface area contributed by atoms with Gasteiger partial charge in [0, 0.05) is 13.1 Å². The molecule has 0 aliphatic rings. The quantitative estimate of drug-likeness (QED) is 0.889. The highest BCUT2D eigenvalue weighted by molar-refractivity contribution is 5.37. The minimum atomic E-state index is 0.123. The second-order valence-corrected chi connectivity index (χ2v) is 5.69. The molecule has 114 valence electrons. The first kappa shape index (κ1) is 15.6. The van der Waals surface area contributed by atoms with Gasteiger partial charge in [-0.25, -0.2) is 0 Å². The lowest BCUT2D eigenvalue weighted by molar-refractivity contribution is 0.291. The maximum absolute atomic E-state index is 6.00. The topological polar surface area (TPSA) is 53.1 Å². The minimum absolute atomic E-state index is 0.123. The normalized spacial score (nSPS) is 12.4. The van der Waals surface area contributed by atoms with Crippen molar-refractivity contribution in [3.05, 3.63) is 46.8 Å². The zero-order chi connectivity index (χ0) is 15.4. The number of aromatic nitrogens is 2. The summed E-state index contributed by atoms with van der Waals surface area (Å²) in [5, 5.41) is 4.44. The van der Waals surface area contributed by atoms with Crippen LogP contribution in [0.1, 0.15) is 36.4 Å². The summed E-state index contributed by atoms with van der Waals surface area (Å²) in [7, 11) is 1.95. The van der Waals surface area contributed by atoms with E-state index in [4.69, 9.17) is 10.5 Å². The highest BCUT2D eigenvalue weighted by Crippen LogP contribution is 2.22. The smallest absolute Gasteiger partial charge is 0.130 e. The third kappa shape index (κ3) is 4.08.